The quantitative estimate of drug-likeness (QED) is 0.859. The highest BCUT2D eigenvalue weighted by Crippen LogP contribution is 2.40. The average molecular weight is 359 g/mol. The van der Waals surface area contributed by atoms with Crippen molar-refractivity contribution in [1.82, 2.24) is 9.88 Å². The molecular weight excluding hydrogens is 337 g/mol. The Morgan fingerprint density at radius 2 is 1.92 bits per heavy atom. The summed E-state index contributed by atoms with van der Waals surface area (Å²) in [6, 6.07) is 1.66. The number of anilines is 1. The molecule has 0 radical (unpaired) electrons. The Hall–Kier alpha value is -2.41. The molecule has 7 heteroatoms. The van der Waals surface area contributed by atoms with Gasteiger partial charge in [0.05, 0.1) is 11.2 Å². The Kier molecular flexibility index (Phi) is 3.80. The van der Waals surface area contributed by atoms with Crippen molar-refractivity contribution in [3.8, 4) is 0 Å². The Labute approximate surface area is 150 Å². The molecule has 0 spiro atoms. The van der Waals surface area contributed by atoms with Gasteiger partial charge in [0.15, 0.2) is 0 Å². The highest BCUT2D eigenvalue weighted by atomic mass is 19.1. The first kappa shape index (κ1) is 17.0. The lowest BCUT2D eigenvalue weighted by atomic mass is 10.0. The number of benzene rings is 1. The number of carboxylic acid groups (broad SMARTS) is 1. The molecule has 0 amide bonds. The van der Waals surface area contributed by atoms with Crippen molar-refractivity contribution in [2.75, 3.05) is 18.0 Å². The SMILES string of the molecule is CC1CN(c2c(F)cc3c(=O)c(C(=O)O)cn4c3c2C[C@@H]4C)CC(C)N1. The fourth-order valence-corrected chi connectivity index (χ4v) is 4.50. The molecule has 6 nitrogen and oxygen atoms in total. The van der Waals surface area contributed by atoms with Gasteiger partial charge in [-0.1, -0.05) is 0 Å². The third kappa shape index (κ3) is 2.41. The number of rotatable bonds is 2. The van der Waals surface area contributed by atoms with Gasteiger partial charge >= 0.3 is 5.97 Å². The minimum Gasteiger partial charge on any atom is -0.477 e. The van der Waals surface area contributed by atoms with Gasteiger partial charge in [0.25, 0.3) is 0 Å². The summed E-state index contributed by atoms with van der Waals surface area (Å²) in [5.41, 5.74) is 1.10. The second-order valence-electron chi connectivity index (χ2n) is 7.59. The molecule has 1 saturated heterocycles. The Morgan fingerprint density at radius 3 is 2.54 bits per heavy atom. The fraction of sp³-hybridized carbons (Fsp3) is 0.474. The number of carbonyl (C=O) groups is 1. The van der Waals surface area contributed by atoms with Crippen LogP contribution < -0.4 is 15.6 Å². The van der Waals surface area contributed by atoms with Crippen molar-refractivity contribution in [2.45, 2.75) is 45.3 Å². The van der Waals surface area contributed by atoms with Crippen LogP contribution in [0.4, 0.5) is 10.1 Å². The van der Waals surface area contributed by atoms with Crippen LogP contribution in [0.15, 0.2) is 17.1 Å². The van der Waals surface area contributed by atoms with Crippen LogP contribution in [0.1, 0.15) is 42.7 Å². The zero-order valence-electron chi connectivity index (χ0n) is 15.0. The molecular formula is C19H22FN3O3. The van der Waals surface area contributed by atoms with Gasteiger partial charge in [0, 0.05) is 48.4 Å². The lowest BCUT2D eigenvalue weighted by Gasteiger charge is -2.38. The van der Waals surface area contributed by atoms with E-state index in [0.717, 1.165) is 5.56 Å². The molecule has 2 unspecified atom stereocenters. The van der Waals surface area contributed by atoms with Gasteiger partial charge in [0.2, 0.25) is 5.43 Å². The fourth-order valence-electron chi connectivity index (χ4n) is 4.50. The van der Waals surface area contributed by atoms with Gasteiger partial charge < -0.3 is 19.9 Å². The predicted molar refractivity (Wildman–Crippen MR) is 97.8 cm³/mol. The lowest BCUT2D eigenvalue weighted by molar-refractivity contribution is 0.0694. The van der Waals surface area contributed by atoms with E-state index in [2.05, 4.69) is 19.2 Å². The van der Waals surface area contributed by atoms with Crippen LogP contribution in [0.25, 0.3) is 10.9 Å². The number of hydrogen-bond acceptors (Lipinski definition) is 4. The molecule has 138 valence electrons. The summed E-state index contributed by atoms with van der Waals surface area (Å²) in [7, 11) is 0. The maximum Gasteiger partial charge on any atom is 0.341 e. The first-order valence-electron chi connectivity index (χ1n) is 8.92. The molecule has 0 bridgehead atoms. The Bertz CT molecular complexity index is 974. The number of aromatic nitrogens is 1. The van der Waals surface area contributed by atoms with Gasteiger partial charge in [-0.15, -0.1) is 0 Å². The minimum absolute atomic E-state index is 0.0236. The van der Waals surface area contributed by atoms with Gasteiger partial charge in [-0.25, -0.2) is 9.18 Å². The molecule has 1 fully saturated rings. The van der Waals surface area contributed by atoms with Gasteiger partial charge in [-0.05, 0) is 33.3 Å². The number of nitrogens with one attached hydrogen (secondary N) is 1. The van der Waals surface area contributed by atoms with Crippen LogP contribution in [0, 0.1) is 5.82 Å². The van der Waals surface area contributed by atoms with Gasteiger partial charge in [0.1, 0.15) is 11.4 Å². The summed E-state index contributed by atoms with van der Waals surface area (Å²) >= 11 is 0. The lowest BCUT2D eigenvalue weighted by Crippen LogP contribution is -2.54. The Morgan fingerprint density at radius 1 is 1.27 bits per heavy atom. The summed E-state index contributed by atoms with van der Waals surface area (Å²) in [5, 5.41) is 12.9. The van der Waals surface area contributed by atoms with Crippen LogP contribution in [0.3, 0.4) is 0 Å². The van der Waals surface area contributed by atoms with E-state index in [-0.39, 0.29) is 29.1 Å². The van der Waals surface area contributed by atoms with Crippen molar-refractivity contribution < 1.29 is 14.3 Å². The molecule has 26 heavy (non-hydrogen) atoms. The molecule has 0 aliphatic carbocycles. The molecule has 2 N–H and O–H groups in total. The standard InChI is InChI=1S/C19H22FN3O3/c1-9-6-22(7-10(2)21-9)17-12-4-11(3)23-8-14(19(25)26)18(24)13(16(12)23)5-15(17)20/h5,8-11,21H,4,6-7H2,1-3H3,(H,25,26)/t9?,10?,11-/m0/s1. The van der Waals surface area contributed by atoms with Crippen molar-refractivity contribution in [2.24, 2.45) is 0 Å². The summed E-state index contributed by atoms with van der Waals surface area (Å²) < 4.78 is 16.9. The van der Waals surface area contributed by atoms with E-state index in [0.29, 0.717) is 30.7 Å². The van der Waals surface area contributed by atoms with E-state index in [4.69, 9.17) is 0 Å². The molecule has 0 saturated carbocycles. The third-order valence-electron chi connectivity index (χ3n) is 5.42. The van der Waals surface area contributed by atoms with E-state index < -0.39 is 17.2 Å². The normalized spacial score (nSPS) is 25.1. The van der Waals surface area contributed by atoms with Crippen molar-refractivity contribution in [1.29, 1.82) is 0 Å². The van der Waals surface area contributed by atoms with E-state index >= 15 is 4.39 Å². The van der Waals surface area contributed by atoms with Crippen LogP contribution in [0.2, 0.25) is 0 Å². The van der Waals surface area contributed by atoms with Crippen LogP contribution in [0.5, 0.6) is 0 Å². The number of hydrogen-bond donors (Lipinski definition) is 2. The van der Waals surface area contributed by atoms with E-state index in [1.807, 2.05) is 16.4 Å². The third-order valence-corrected chi connectivity index (χ3v) is 5.42. The van der Waals surface area contributed by atoms with Crippen LogP contribution in [-0.2, 0) is 6.42 Å². The number of carboxylic acids is 1. The Balaban J connectivity index is 1.99. The molecule has 2 aliphatic rings. The summed E-state index contributed by atoms with van der Waals surface area (Å²) in [4.78, 5) is 26.0. The van der Waals surface area contributed by atoms with Gasteiger partial charge in [-0.3, -0.25) is 4.79 Å². The maximum atomic E-state index is 15.1. The van der Waals surface area contributed by atoms with E-state index in [9.17, 15) is 14.7 Å². The second kappa shape index (κ2) is 5.81. The molecule has 3 atom stereocenters. The smallest absolute Gasteiger partial charge is 0.341 e. The van der Waals surface area contributed by atoms with Crippen LogP contribution in [-0.4, -0.2) is 40.8 Å². The van der Waals surface area contributed by atoms with E-state index in [1.54, 1.807) is 0 Å². The molecule has 2 aliphatic heterocycles. The summed E-state index contributed by atoms with van der Waals surface area (Å²) in [5.74, 6) is -1.73. The maximum absolute atomic E-state index is 15.1. The second-order valence-corrected chi connectivity index (χ2v) is 7.59. The van der Waals surface area contributed by atoms with Crippen LogP contribution >= 0.6 is 0 Å². The number of nitrogens with zero attached hydrogens (tertiary/aromatic N) is 2. The first-order valence-corrected chi connectivity index (χ1v) is 8.92. The minimum atomic E-state index is -1.28. The zero-order valence-corrected chi connectivity index (χ0v) is 15.0. The molecule has 2 aromatic rings. The number of pyridine rings is 1. The highest BCUT2D eigenvalue weighted by Gasteiger charge is 2.32. The number of halogens is 1. The summed E-state index contributed by atoms with van der Waals surface area (Å²) in [6.45, 7) is 7.47. The molecule has 4 rings (SSSR count). The largest absolute Gasteiger partial charge is 0.477 e. The zero-order chi connectivity index (χ0) is 18.7. The number of piperazine rings is 1. The molecule has 1 aromatic carbocycles. The molecule has 3 heterocycles. The summed E-state index contributed by atoms with van der Waals surface area (Å²) in [6.07, 6.45) is 1.98. The average Bonchev–Trinajstić information content (AvgIpc) is 2.85. The van der Waals surface area contributed by atoms with Crippen molar-refractivity contribution in [3.05, 3.63) is 39.4 Å². The first-order chi connectivity index (χ1) is 12.3. The predicted octanol–water partition coefficient (Wildman–Crippen LogP) is 2.14. The topological polar surface area (TPSA) is 74.6 Å². The monoisotopic (exact) mass is 359 g/mol. The van der Waals surface area contributed by atoms with Crippen molar-refractivity contribution >= 4 is 22.6 Å². The van der Waals surface area contributed by atoms with Crippen molar-refractivity contribution in [3.63, 3.8) is 0 Å². The van der Waals surface area contributed by atoms with Gasteiger partial charge in [-0.2, -0.15) is 0 Å². The molecule has 1 aromatic heterocycles. The number of aromatic carboxylic acids is 1. The highest BCUT2D eigenvalue weighted by molar-refractivity contribution is 5.96. The van der Waals surface area contributed by atoms with E-state index in [1.165, 1.54) is 12.3 Å².